The molecule has 1 aromatic heterocycles. The van der Waals surface area contributed by atoms with Gasteiger partial charge in [0.1, 0.15) is 0 Å². The molecule has 2 N–H and O–H groups in total. The Hall–Kier alpha value is -1.39. The van der Waals surface area contributed by atoms with Crippen molar-refractivity contribution in [2.75, 3.05) is 25.5 Å². The molecule has 1 heterocycles. The molecule has 17 heavy (non-hydrogen) atoms. The lowest BCUT2D eigenvalue weighted by Crippen LogP contribution is -2.07. The fourth-order valence-corrected chi connectivity index (χ4v) is 2.44. The smallest absolute Gasteiger partial charge is 0.0945 e. The Balaban J connectivity index is 2.21. The first-order valence-electron chi connectivity index (χ1n) is 5.63. The van der Waals surface area contributed by atoms with Crippen LogP contribution in [-0.2, 0) is 6.42 Å². The van der Waals surface area contributed by atoms with E-state index in [1.54, 1.807) is 11.3 Å². The molecule has 0 aliphatic heterocycles. The predicted molar refractivity (Wildman–Crippen MR) is 74.6 cm³/mol. The summed E-state index contributed by atoms with van der Waals surface area (Å²) in [7, 11) is 4.08. The maximum atomic E-state index is 5.52. The molecule has 4 heteroatoms. The second kappa shape index (κ2) is 5.29. The Kier molecular flexibility index (Phi) is 3.76. The molecule has 0 saturated carbocycles. The fraction of sp³-hybridized carbons (Fsp3) is 0.308. The van der Waals surface area contributed by atoms with Crippen LogP contribution in [0.25, 0.3) is 11.3 Å². The molecule has 0 fully saturated rings. The number of anilines is 1. The molecule has 0 radical (unpaired) electrons. The third-order valence-electron chi connectivity index (χ3n) is 2.59. The lowest BCUT2D eigenvalue weighted by molar-refractivity contribution is 0.954. The van der Waals surface area contributed by atoms with Crippen molar-refractivity contribution in [2.24, 2.45) is 5.73 Å². The van der Waals surface area contributed by atoms with Crippen molar-refractivity contribution >= 4 is 17.0 Å². The monoisotopic (exact) mass is 247 g/mol. The molecule has 3 nitrogen and oxygen atoms in total. The second-order valence-corrected chi connectivity index (χ2v) is 5.05. The molecular formula is C13H17N3S. The molecule has 0 bridgehead atoms. The molecule has 1 aromatic carbocycles. The van der Waals surface area contributed by atoms with Gasteiger partial charge in [-0.1, -0.05) is 12.1 Å². The fourth-order valence-electron chi connectivity index (χ4n) is 1.61. The number of aromatic nitrogens is 1. The van der Waals surface area contributed by atoms with Gasteiger partial charge in [-0.05, 0) is 18.7 Å². The van der Waals surface area contributed by atoms with Crippen LogP contribution >= 0.6 is 11.3 Å². The third kappa shape index (κ3) is 2.84. The Morgan fingerprint density at radius 1 is 1.24 bits per heavy atom. The van der Waals surface area contributed by atoms with Gasteiger partial charge in [0.15, 0.2) is 0 Å². The highest BCUT2D eigenvalue weighted by atomic mass is 32.1. The number of rotatable bonds is 4. The van der Waals surface area contributed by atoms with E-state index in [4.69, 9.17) is 5.73 Å². The zero-order valence-corrected chi connectivity index (χ0v) is 11.0. The summed E-state index contributed by atoms with van der Waals surface area (Å²) in [5.74, 6) is 0. The second-order valence-electron chi connectivity index (χ2n) is 4.11. The average molecular weight is 247 g/mol. The maximum Gasteiger partial charge on any atom is 0.0945 e. The van der Waals surface area contributed by atoms with E-state index in [1.807, 2.05) is 14.1 Å². The first kappa shape index (κ1) is 12.1. The molecule has 0 amide bonds. The Morgan fingerprint density at radius 3 is 2.53 bits per heavy atom. The van der Waals surface area contributed by atoms with E-state index in [2.05, 4.69) is 39.5 Å². The largest absolute Gasteiger partial charge is 0.378 e. The molecule has 0 aliphatic rings. The topological polar surface area (TPSA) is 42.1 Å². The van der Waals surface area contributed by atoms with Gasteiger partial charge in [-0.2, -0.15) is 0 Å². The summed E-state index contributed by atoms with van der Waals surface area (Å²) in [6, 6.07) is 8.43. The lowest BCUT2D eigenvalue weighted by atomic mass is 10.1. The van der Waals surface area contributed by atoms with Gasteiger partial charge >= 0.3 is 0 Å². The summed E-state index contributed by atoms with van der Waals surface area (Å²) in [4.78, 5) is 6.66. The summed E-state index contributed by atoms with van der Waals surface area (Å²) in [6.07, 6.45) is 0.862. The Labute approximate surface area is 106 Å². The van der Waals surface area contributed by atoms with Gasteiger partial charge in [0.05, 0.1) is 10.7 Å². The Bertz CT molecular complexity index is 474. The van der Waals surface area contributed by atoms with Crippen LogP contribution in [-0.4, -0.2) is 25.6 Å². The first-order chi connectivity index (χ1) is 8.20. The number of benzene rings is 1. The quantitative estimate of drug-likeness (QED) is 0.902. The van der Waals surface area contributed by atoms with Crippen LogP contribution in [0.5, 0.6) is 0 Å². The minimum Gasteiger partial charge on any atom is -0.378 e. The van der Waals surface area contributed by atoms with Crippen LogP contribution < -0.4 is 10.6 Å². The lowest BCUT2D eigenvalue weighted by Gasteiger charge is -2.12. The van der Waals surface area contributed by atoms with Crippen LogP contribution in [0, 0.1) is 0 Å². The highest BCUT2D eigenvalue weighted by Gasteiger charge is 2.04. The zero-order chi connectivity index (χ0) is 12.3. The number of hydrogen-bond donors (Lipinski definition) is 1. The predicted octanol–water partition coefficient (Wildman–Crippen LogP) is 2.38. The van der Waals surface area contributed by atoms with Crippen LogP contribution in [0.15, 0.2) is 29.6 Å². The SMILES string of the molecule is CN(C)c1ccc(-c2csc(CCN)n2)cc1. The van der Waals surface area contributed by atoms with Crippen molar-refractivity contribution in [3.05, 3.63) is 34.7 Å². The van der Waals surface area contributed by atoms with Crippen molar-refractivity contribution in [3.63, 3.8) is 0 Å². The van der Waals surface area contributed by atoms with Crippen molar-refractivity contribution in [2.45, 2.75) is 6.42 Å². The number of nitrogens with zero attached hydrogens (tertiary/aromatic N) is 2. The molecule has 0 atom stereocenters. The molecule has 0 spiro atoms. The summed E-state index contributed by atoms with van der Waals surface area (Å²) in [5, 5.41) is 3.20. The van der Waals surface area contributed by atoms with Gasteiger partial charge in [-0.15, -0.1) is 11.3 Å². The van der Waals surface area contributed by atoms with Crippen molar-refractivity contribution < 1.29 is 0 Å². The van der Waals surface area contributed by atoms with E-state index < -0.39 is 0 Å². The van der Waals surface area contributed by atoms with Gasteiger partial charge in [0.25, 0.3) is 0 Å². The highest BCUT2D eigenvalue weighted by molar-refractivity contribution is 7.09. The molecule has 0 saturated heterocycles. The van der Waals surface area contributed by atoms with E-state index >= 15 is 0 Å². The van der Waals surface area contributed by atoms with Gasteiger partial charge in [0, 0.05) is 37.1 Å². The van der Waals surface area contributed by atoms with Crippen molar-refractivity contribution in [1.82, 2.24) is 4.98 Å². The van der Waals surface area contributed by atoms with Crippen LogP contribution in [0.3, 0.4) is 0 Å². The van der Waals surface area contributed by atoms with E-state index in [0.29, 0.717) is 6.54 Å². The van der Waals surface area contributed by atoms with E-state index in [-0.39, 0.29) is 0 Å². The molecule has 2 aromatic rings. The van der Waals surface area contributed by atoms with Gasteiger partial charge in [-0.3, -0.25) is 0 Å². The van der Waals surface area contributed by atoms with Crippen molar-refractivity contribution in [3.8, 4) is 11.3 Å². The molecule has 90 valence electrons. The Morgan fingerprint density at radius 2 is 1.94 bits per heavy atom. The zero-order valence-electron chi connectivity index (χ0n) is 10.2. The van der Waals surface area contributed by atoms with E-state index in [9.17, 15) is 0 Å². The molecular weight excluding hydrogens is 230 g/mol. The van der Waals surface area contributed by atoms with Crippen LogP contribution in [0.1, 0.15) is 5.01 Å². The van der Waals surface area contributed by atoms with E-state index in [1.165, 1.54) is 5.69 Å². The van der Waals surface area contributed by atoms with E-state index in [0.717, 1.165) is 22.7 Å². The number of thiazole rings is 1. The van der Waals surface area contributed by atoms with Gasteiger partial charge < -0.3 is 10.6 Å². The normalized spacial score (nSPS) is 10.5. The summed E-state index contributed by atoms with van der Waals surface area (Å²) >= 11 is 1.68. The molecule has 0 aliphatic carbocycles. The van der Waals surface area contributed by atoms with Crippen LogP contribution in [0.2, 0.25) is 0 Å². The van der Waals surface area contributed by atoms with Crippen LogP contribution in [0.4, 0.5) is 5.69 Å². The van der Waals surface area contributed by atoms with Crippen molar-refractivity contribution in [1.29, 1.82) is 0 Å². The summed E-state index contributed by atoms with van der Waals surface area (Å²) in [6.45, 7) is 0.659. The molecule has 0 unspecified atom stereocenters. The molecule has 2 rings (SSSR count). The minimum atomic E-state index is 0.659. The maximum absolute atomic E-state index is 5.52. The summed E-state index contributed by atoms with van der Waals surface area (Å²) in [5.41, 5.74) is 8.93. The highest BCUT2D eigenvalue weighted by Crippen LogP contribution is 2.24. The first-order valence-corrected chi connectivity index (χ1v) is 6.51. The van der Waals surface area contributed by atoms with Gasteiger partial charge in [0.2, 0.25) is 0 Å². The minimum absolute atomic E-state index is 0.659. The van der Waals surface area contributed by atoms with Gasteiger partial charge in [-0.25, -0.2) is 4.98 Å². The number of hydrogen-bond acceptors (Lipinski definition) is 4. The third-order valence-corrected chi connectivity index (χ3v) is 3.50. The standard InChI is InChI=1S/C13H17N3S/c1-16(2)11-5-3-10(4-6-11)12-9-17-13(15-12)7-8-14/h3-6,9H,7-8,14H2,1-2H3. The number of nitrogens with two attached hydrogens (primary N) is 1. The average Bonchev–Trinajstić information content (AvgIpc) is 2.78. The summed E-state index contributed by atoms with van der Waals surface area (Å²) < 4.78 is 0.